The molecule has 21 heavy (non-hydrogen) atoms. The molecule has 0 aliphatic rings. The fraction of sp³-hybridized carbons (Fsp3) is 0.273. The lowest BCUT2D eigenvalue weighted by molar-refractivity contribution is -0.137. The van der Waals surface area contributed by atoms with Crippen molar-refractivity contribution in [3.05, 3.63) is 29.2 Å². The first-order valence-electron chi connectivity index (χ1n) is 5.63. The van der Waals surface area contributed by atoms with E-state index in [-0.39, 0.29) is 16.8 Å². The first-order valence-corrected chi connectivity index (χ1v) is 6.00. The molecule has 0 N–H and O–H groups in total. The third-order valence-electron chi connectivity index (χ3n) is 2.25. The van der Waals surface area contributed by atoms with Gasteiger partial charge in [0.05, 0.1) is 16.9 Å². The minimum absolute atomic E-state index is 0.0449. The maximum atomic E-state index is 12.5. The van der Waals surface area contributed by atoms with Gasteiger partial charge in [0.25, 0.3) is 5.95 Å². The summed E-state index contributed by atoms with van der Waals surface area (Å²) in [5, 5.41) is 3.78. The molecule has 10 heteroatoms. The number of hydrogen-bond acceptors (Lipinski definition) is 4. The molecule has 0 saturated carbocycles. The quantitative estimate of drug-likeness (QED) is 0.644. The van der Waals surface area contributed by atoms with Crippen LogP contribution in [0.15, 0.2) is 23.6 Å². The van der Waals surface area contributed by atoms with Crippen LogP contribution >= 0.6 is 11.6 Å². The summed E-state index contributed by atoms with van der Waals surface area (Å²) in [6, 6.07) is 0.786. The molecule has 0 aliphatic carbocycles. The molecule has 0 unspecified atom stereocenters. The van der Waals surface area contributed by atoms with E-state index in [9.17, 15) is 13.2 Å². The van der Waals surface area contributed by atoms with Gasteiger partial charge >= 0.3 is 6.18 Å². The summed E-state index contributed by atoms with van der Waals surface area (Å²) in [6.45, 7) is 0. The van der Waals surface area contributed by atoms with E-state index in [0.717, 1.165) is 10.7 Å². The predicted octanol–water partition coefficient (Wildman–Crippen LogP) is 2.56. The average Bonchev–Trinajstić information content (AvgIpc) is 2.83. The zero-order chi connectivity index (χ0) is 15.6. The van der Waals surface area contributed by atoms with Crippen LogP contribution in [0.1, 0.15) is 5.56 Å². The van der Waals surface area contributed by atoms with E-state index in [2.05, 4.69) is 20.1 Å². The lowest BCUT2D eigenvalue weighted by Crippen LogP contribution is -2.08. The molecule has 0 fully saturated rings. The number of rotatable bonds is 3. The fourth-order valence-corrected chi connectivity index (χ4v) is 1.59. The SMILES string of the molecule is CN(C)/C=N/c1ncn(-c2ncc(C(F)(F)F)cc2Cl)n1. The van der Waals surface area contributed by atoms with Crippen molar-refractivity contribution in [2.75, 3.05) is 14.1 Å². The summed E-state index contributed by atoms with van der Waals surface area (Å²) in [4.78, 5) is 13.2. The lowest BCUT2D eigenvalue weighted by atomic mass is 10.3. The Morgan fingerprint density at radius 3 is 2.62 bits per heavy atom. The van der Waals surface area contributed by atoms with Gasteiger partial charge in [-0.3, -0.25) is 0 Å². The molecular formula is C11H10ClF3N6. The van der Waals surface area contributed by atoms with Gasteiger partial charge in [-0.1, -0.05) is 11.6 Å². The van der Waals surface area contributed by atoms with E-state index >= 15 is 0 Å². The van der Waals surface area contributed by atoms with Crippen molar-refractivity contribution in [2.24, 2.45) is 4.99 Å². The van der Waals surface area contributed by atoms with Crippen LogP contribution in [0.2, 0.25) is 5.02 Å². The van der Waals surface area contributed by atoms with Crippen LogP contribution in [-0.2, 0) is 6.18 Å². The maximum Gasteiger partial charge on any atom is 0.417 e. The van der Waals surface area contributed by atoms with Crippen LogP contribution in [0, 0.1) is 0 Å². The van der Waals surface area contributed by atoms with E-state index in [4.69, 9.17) is 11.6 Å². The number of halogens is 4. The highest BCUT2D eigenvalue weighted by Crippen LogP contribution is 2.31. The minimum Gasteiger partial charge on any atom is -0.369 e. The average molecular weight is 319 g/mol. The van der Waals surface area contributed by atoms with Gasteiger partial charge in [-0.25, -0.2) is 9.98 Å². The molecular weight excluding hydrogens is 309 g/mol. The molecule has 2 aromatic rings. The minimum atomic E-state index is -4.50. The van der Waals surface area contributed by atoms with Crippen molar-refractivity contribution in [1.82, 2.24) is 24.6 Å². The van der Waals surface area contributed by atoms with E-state index in [1.54, 1.807) is 19.0 Å². The van der Waals surface area contributed by atoms with Gasteiger partial charge in [-0.05, 0) is 6.07 Å². The summed E-state index contributed by atoms with van der Waals surface area (Å²) in [6.07, 6.45) is -1.06. The largest absolute Gasteiger partial charge is 0.417 e. The van der Waals surface area contributed by atoms with Gasteiger partial charge in [0.2, 0.25) is 0 Å². The summed E-state index contributed by atoms with van der Waals surface area (Å²) in [7, 11) is 3.55. The van der Waals surface area contributed by atoms with E-state index in [1.807, 2.05) is 0 Å². The molecule has 2 rings (SSSR count). The first kappa shape index (κ1) is 15.2. The highest BCUT2D eigenvalue weighted by atomic mass is 35.5. The summed E-state index contributed by atoms with van der Waals surface area (Å²) >= 11 is 5.81. The molecule has 112 valence electrons. The molecule has 2 heterocycles. The van der Waals surface area contributed by atoms with Crippen LogP contribution in [0.25, 0.3) is 5.82 Å². The van der Waals surface area contributed by atoms with E-state index in [0.29, 0.717) is 6.20 Å². The molecule has 0 aromatic carbocycles. The van der Waals surface area contributed by atoms with Crippen molar-refractivity contribution in [3.63, 3.8) is 0 Å². The van der Waals surface area contributed by atoms with Crippen LogP contribution < -0.4 is 0 Å². The van der Waals surface area contributed by atoms with Crippen LogP contribution in [0.5, 0.6) is 0 Å². The fourth-order valence-electron chi connectivity index (χ4n) is 1.34. The number of alkyl halides is 3. The zero-order valence-corrected chi connectivity index (χ0v) is 11.8. The lowest BCUT2D eigenvalue weighted by Gasteiger charge is -2.08. The smallest absolute Gasteiger partial charge is 0.369 e. The van der Waals surface area contributed by atoms with Crippen LogP contribution in [0.3, 0.4) is 0 Å². The van der Waals surface area contributed by atoms with Gasteiger partial charge in [0, 0.05) is 20.3 Å². The Balaban J connectivity index is 2.31. The van der Waals surface area contributed by atoms with Gasteiger partial charge in [-0.2, -0.15) is 22.8 Å². The topological polar surface area (TPSA) is 59.2 Å². The maximum absolute atomic E-state index is 12.5. The van der Waals surface area contributed by atoms with Crippen molar-refractivity contribution in [2.45, 2.75) is 6.18 Å². The van der Waals surface area contributed by atoms with Crippen molar-refractivity contribution in [3.8, 4) is 5.82 Å². The third-order valence-corrected chi connectivity index (χ3v) is 2.53. The van der Waals surface area contributed by atoms with Crippen molar-refractivity contribution >= 4 is 23.9 Å². The molecule has 0 radical (unpaired) electrons. The molecule has 0 spiro atoms. The highest BCUT2D eigenvalue weighted by Gasteiger charge is 2.31. The Morgan fingerprint density at radius 2 is 2.05 bits per heavy atom. The van der Waals surface area contributed by atoms with E-state index < -0.39 is 11.7 Å². The summed E-state index contributed by atoms with van der Waals surface area (Å²) in [5.41, 5.74) is -0.929. The molecule has 0 bridgehead atoms. The number of aliphatic imine (C=N–C) groups is 1. The highest BCUT2D eigenvalue weighted by molar-refractivity contribution is 6.32. The molecule has 6 nitrogen and oxygen atoms in total. The molecule has 0 atom stereocenters. The van der Waals surface area contributed by atoms with Crippen molar-refractivity contribution < 1.29 is 13.2 Å². The Kier molecular flexibility index (Phi) is 4.12. The second kappa shape index (κ2) is 5.68. The van der Waals surface area contributed by atoms with Gasteiger partial charge in [0.15, 0.2) is 5.82 Å². The molecule has 0 amide bonds. The number of aromatic nitrogens is 4. The van der Waals surface area contributed by atoms with Crippen LogP contribution in [-0.4, -0.2) is 45.1 Å². The Hall–Kier alpha value is -2.16. The standard InChI is InChI=1S/C11H10ClF3N6/c1-20(2)5-17-10-18-6-21(19-10)9-8(12)3-7(4-16-9)11(13,14)15/h3-6H,1-2H3/b17-5+. The Morgan fingerprint density at radius 1 is 1.33 bits per heavy atom. The monoisotopic (exact) mass is 318 g/mol. The zero-order valence-electron chi connectivity index (χ0n) is 11.0. The molecule has 0 aliphatic heterocycles. The first-order chi connectivity index (χ1) is 9.77. The molecule has 2 aromatic heterocycles. The number of pyridine rings is 1. The second-order valence-electron chi connectivity index (χ2n) is 4.22. The van der Waals surface area contributed by atoms with Crippen LogP contribution in [0.4, 0.5) is 19.1 Å². The Bertz CT molecular complexity index is 664. The predicted molar refractivity (Wildman–Crippen MR) is 71.0 cm³/mol. The Labute approximate surface area is 122 Å². The molecule has 0 saturated heterocycles. The summed E-state index contributed by atoms with van der Waals surface area (Å²) in [5.74, 6) is 0.185. The summed E-state index contributed by atoms with van der Waals surface area (Å²) < 4.78 is 38.7. The number of nitrogens with zero attached hydrogens (tertiary/aromatic N) is 6. The third kappa shape index (κ3) is 3.69. The van der Waals surface area contributed by atoms with E-state index in [1.165, 1.54) is 12.7 Å². The van der Waals surface area contributed by atoms with Gasteiger partial charge in [-0.15, -0.1) is 5.10 Å². The second-order valence-corrected chi connectivity index (χ2v) is 4.63. The number of hydrogen-bond donors (Lipinski definition) is 0. The normalized spacial score (nSPS) is 12.1. The van der Waals surface area contributed by atoms with Gasteiger partial charge < -0.3 is 4.90 Å². The van der Waals surface area contributed by atoms with Crippen molar-refractivity contribution in [1.29, 1.82) is 0 Å². The van der Waals surface area contributed by atoms with Gasteiger partial charge in [0.1, 0.15) is 6.33 Å².